The van der Waals surface area contributed by atoms with Crippen LogP contribution in [0.5, 0.6) is 0 Å². The summed E-state index contributed by atoms with van der Waals surface area (Å²) < 4.78 is 0. The molecule has 2 rings (SSSR count). The minimum absolute atomic E-state index is 0.00866. The molecule has 2 amide bonds. The normalized spacial score (nSPS) is 12.9. The predicted octanol–water partition coefficient (Wildman–Crippen LogP) is 0.688. The largest absolute Gasteiger partial charge is 0.321 e. The SMILES string of the molecule is CC(=O)Nc1cc2c(cc1[N+](=O)[O-])NC(=O)C2=O. The Morgan fingerprint density at radius 1 is 1.39 bits per heavy atom. The van der Waals surface area contributed by atoms with Gasteiger partial charge in [-0.25, -0.2) is 0 Å². The Hall–Kier alpha value is -2.77. The number of amides is 2. The molecule has 0 bridgehead atoms. The van der Waals surface area contributed by atoms with Gasteiger partial charge in [0, 0.05) is 13.0 Å². The maximum atomic E-state index is 11.4. The number of ketones is 1. The van der Waals surface area contributed by atoms with Crippen LogP contribution in [0.25, 0.3) is 0 Å². The third-order valence-corrected chi connectivity index (χ3v) is 2.34. The maximum Gasteiger partial charge on any atom is 0.296 e. The highest BCUT2D eigenvalue weighted by Gasteiger charge is 2.31. The zero-order valence-corrected chi connectivity index (χ0v) is 9.14. The maximum absolute atomic E-state index is 11.4. The molecular weight excluding hydrogens is 242 g/mol. The zero-order chi connectivity index (χ0) is 13.4. The number of nitro benzene ring substituents is 1. The molecule has 0 spiro atoms. The van der Waals surface area contributed by atoms with Gasteiger partial charge in [0.2, 0.25) is 5.91 Å². The highest BCUT2D eigenvalue weighted by atomic mass is 16.6. The molecule has 1 aliphatic rings. The molecule has 8 heteroatoms. The second kappa shape index (κ2) is 3.91. The van der Waals surface area contributed by atoms with Crippen LogP contribution in [0.2, 0.25) is 0 Å². The van der Waals surface area contributed by atoms with E-state index >= 15 is 0 Å². The molecule has 1 aromatic rings. The van der Waals surface area contributed by atoms with E-state index in [-0.39, 0.29) is 22.6 Å². The summed E-state index contributed by atoms with van der Waals surface area (Å²) in [7, 11) is 0. The molecule has 0 aromatic heterocycles. The number of carbonyl (C=O) groups excluding carboxylic acids is 3. The molecule has 0 radical (unpaired) electrons. The molecule has 8 nitrogen and oxygen atoms in total. The van der Waals surface area contributed by atoms with Gasteiger partial charge >= 0.3 is 0 Å². The fourth-order valence-corrected chi connectivity index (χ4v) is 1.62. The molecule has 0 fully saturated rings. The van der Waals surface area contributed by atoms with E-state index in [4.69, 9.17) is 0 Å². The lowest BCUT2D eigenvalue weighted by Gasteiger charge is -2.05. The number of nitrogens with zero attached hydrogens (tertiary/aromatic N) is 1. The molecule has 1 aliphatic heterocycles. The van der Waals surface area contributed by atoms with Crippen molar-refractivity contribution < 1.29 is 19.3 Å². The van der Waals surface area contributed by atoms with E-state index in [0.717, 1.165) is 12.1 Å². The van der Waals surface area contributed by atoms with Gasteiger partial charge in [-0.3, -0.25) is 24.5 Å². The van der Waals surface area contributed by atoms with E-state index in [1.54, 1.807) is 0 Å². The van der Waals surface area contributed by atoms with Crippen LogP contribution in [0.3, 0.4) is 0 Å². The van der Waals surface area contributed by atoms with E-state index in [9.17, 15) is 24.5 Å². The van der Waals surface area contributed by atoms with Gasteiger partial charge in [0.15, 0.2) is 0 Å². The minimum Gasteiger partial charge on any atom is -0.321 e. The highest BCUT2D eigenvalue weighted by molar-refractivity contribution is 6.51. The molecule has 1 aromatic carbocycles. The van der Waals surface area contributed by atoms with Crippen LogP contribution in [0.15, 0.2) is 12.1 Å². The summed E-state index contributed by atoms with van der Waals surface area (Å²) in [6.07, 6.45) is 0. The molecule has 0 atom stereocenters. The number of rotatable bonds is 2. The predicted molar refractivity (Wildman–Crippen MR) is 60.4 cm³/mol. The van der Waals surface area contributed by atoms with E-state index in [1.165, 1.54) is 6.92 Å². The van der Waals surface area contributed by atoms with Crippen molar-refractivity contribution in [3.05, 3.63) is 27.8 Å². The highest BCUT2D eigenvalue weighted by Crippen LogP contribution is 2.34. The van der Waals surface area contributed by atoms with Crippen molar-refractivity contribution in [2.45, 2.75) is 6.92 Å². The van der Waals surface area contributed by atoms with Gasteiger partial charge in [0.25, 0.3) is 17.4 Å². The molecule has 2 N–H and O–H groups in total. The van der Waals surface area contributed by atoms with Crippen molar-refractivity contribution in [3.63, 3.8) is 0 Å². The topological polar surface area (TPSA) is 118 Å². The van der Waals surface area contributed by atoms with Crippen LogP contribution in [-0.4, -0.2) is 22.5 Å². The van der Waals surface area contributed by atoms with Crippen LogP contribution < -0.4 is 10.6 Å². The van der Waals surface area contributed by atoms with Gasteiger partial charge in [0.05, 0.1) is 16.2 Å². The Balaban J connectivity index is 2.59. The first kappa shape index (κ1) is 11.7. The minimum atomic E-state index is -0.848. The molecule has 18 heavy (non-hydrogen) atoms. The molecule has 1 heterocycles. The van der Waals surface area contributed by atoms with Crippen LogP contribution in [0.4, 0.5) is 17.1 Å². The average Bonchev–Trinajstić information content (AvgIpc) is 2.53. The number of fused-ring (bicyclic) bond motifs is 1. The van der Waals surface area contributed by atoms with Crippen LogP contribution in [0.1, 0.15) is 17.3 Å². The van der Waals surface area contributed by atoms with Crippen molar-refractivity contribution in [3.8, 4) is 0 Å². The van der Waals surface area contributed by atoms with Gasteiger partial charge in [-0.2, -0.15) is 0 Å². The number of anilines is 2. The number of nitrogens with one attached hydrogen (secondary N) is 2. The summed E-state index contributed by atoms with van der Waals surface area (Å²) >= 11 is 0. The zero-order valence-electron chi connectivity index (χ0n) is 9.14. The smallest absolute Gasteiger partial charge is 0.296 e. The van der Waals surface area contributed by atoms with Crippen LogP contribution in [0, 0.1) is 10.1 Å². The Bertz CT molecular complexity index is 608. The summed E-state index contributed by atoms with van der Waals surface area (Å²) in [5, 5.41) is 15.3. The van der Waals surface area contributed by atoms with E-state index in [0.29, 0.717) is 0 Å². The number of Topliss-reactive ketones (excluding diaryl/α,β-unsaturated/α-hetero) is 1. The van der Waals surface area contributed by atoms with Crippen molar-refractivity contribution >= 4 is 34.7 Å². The fourth-order valence-electron chi connectivity index (χ4n) is 1.62. The number of carbonyl (C=O) groups is 3. The van der Waals surface area contributed by atoms with E-state index < -0.39 is 22.5 Å². The quantitative estimate of drug-likeness (QED) is 0.454. The standard InChI is InChI=1S/C10H7N3O5/c1-4(14)11-7-2-5-6(3-8(7)13(17)18)12-10(16)9(5)15/h2-3H,1H3,(H,11,14)(H,12,15,16). The molecule has 0 unspecified atom stereocenters. The molecule has 0 aliphatic carbocycles. The fraction of sp³-hybridized carbons (Fsp3) is 0.100. The van der Waals surface area contributed by atoms with Crippen molar-refractivity contribution in [1.29, 1.82) is 0 Å². The number of nitro groups is 1. The van der Waals surface area contributed by atoms with Gasteiger partial charge in [-0.15, -0.1) is 0 Å². The Labute approximate surface area is 100 Å². The first-order valence-corrected chi connectivity index (χ1v) is 4.86. The summed E-state index contributed by atoms with van der Waals surface area (Å²) in [5.74, 6) is -2.14. The third-order valence-electron chi connectivity index (χ3n) is 2.34. The van der Waals surface area contributed by atoms with Gasteiger partial charge < -0.3 is 10.6 Å². The van der Waals surface area contributed by atoms with Gasteiger partial charge in [-0.05, 0) is 6.07 Å². The van der Waals surface area contributed by atoms with Crippen molar-refractivity contribution in [1.82, 2.24) is 0 Å². The van der Waals surface area contributed by atoms with E-state index in [1.807, 2.05) is 0 Å². The van der Waals surface area contributed by atoms with E-state index in [2.05, 4.69) is 10.6 Å². The number of hydrogen-bond donors (Lipinski definition) is 2. The van der Waals surface area contributed by atoms with Gasteiger partial charge in [0.1, 0.15) is 5.69 Å². The average molecular weight is 249 g/mol. The third kappa shape index (κ3) is 1.79. The molecular formula is C10H7N3O5. The monoisotopic (exact) mass is 249 g/mol. The summed E-state index contributed by atoms with van der Waals surface area (Å²) in [6.45, 7) is 1.18. The first-order chi connectivity index (χ1) is 8.40. The number of benzene rings is 1. The Morgan fingerprint density at radius 3 is 2.61 bits per heavy atom. The lowest BCUT2D eigenvalue weighted by molar-refractivity contribution is -0.383. The van der Waals surface area contributed by atoms with Crippen molar-refractivity contribution in [2.24, 2.45) is 0 Å². The second-order valence-electron chi connectivity index (χ2n) is 3.64. The van der Waals surface area contributed by atoms with Crippen LogP contribution >= 0.6 is 0 Å². The second-order valence-corrected chi connectivity index (χ2v) is 3.64. The summed E-state index contributed by atoms with van der Waals surface area (Å²) in [4.78, 5) is 43.6. The first-order valence-electron chi connectivity index (χ1n) is 4.86. The number of hydrogen-bond acceptors (Lipinski definition) is 5. The van der Waals surface area contributed by atoms with Crippen LogP contribution in [-0.2, 0) is 9.59 Å². The summed E-state index contributed by atoms with van der Waals surface area (Å²) in [6, 6.07) is 2.17. The van der Waals surface area contributed by atoms with Crippen molar-refractivity contribution in [2.75, 3.05) is 10.6 Å². The Morgan fingerprint density at radius 2 is 2.06 bits per heavy atom. The molecule has 0 saturated heterocycles. The summed E-state index contributed by atoms with van der Waals surface area (Å²) in [5.41, 5.74) is -0.421. The molecule has 0 saturated carbocycles. The lowest BCUT2D eigenvalue weighted by atomic mass is 10.1. The Kier molecular flexibility index (Phi) is 2.55. The van der Waals surface area contributed by atoms with Gasteiger partial charge in [-0.1, -0.05) is 0 Å². The lowest BCUT2D eigenvalue weighted by Crippen LogP contribution is -2.12. The molecule has 92 valence electrons.